The lowest BCUT2D eigenvalue weighted by Crippen LogP contribution is -2.32. The number of anilines is 1. The minimum atomic E-state index is -0.474. The fourth-order valence-corrected chi connectivity index (χ4v) is 2.11. The van der Waals surface area contributed by atoms with Crippen molar-refractivity contribution in [2.75, 3.05) is 26.1 Å². The van der Waals surface area contributed by atoms with Crippen LogP contribution in [-0.4, -0.2) is 32.6 Å². The van der Waals surface area contributed by atoms with Crippen LogP contribution in [0, 0.1) is 0 Å². The summed E-state index contributed by atoms with van der Waals surface area (Å²) in [5.41, 5.74) is 0.530. The number of hydrogen-bond acceptors (Lipinski definition) is 5. The SMILES string of the molecule is COc1ccc(NC(=O)CNC(=O)c2ccc(Br)o2)cc1OC. The molecule has 23 heavy (non-hydrogen) atoms. The predicted octanol–water partition coefficient (Wildman–Crippen LogP) is 2.43. The van der Waals surface area contributed by atoms with E-state index >= 15 is 0 Å². The molecule has 0 aliphatic carbocycles. The lowest BCUT2D eigenvalue weighted by molar-refractivity contribution is -0.115. The average molecular weight is 383 g/mol. The summed E-state index contributed by atoms with van der Waals surface area (Å²) in [4.78, 5) is 23.6. The maximum absolute atomic E-state index is 11.9. The van der Waals surface area contributed by atoms with Gasteiger partial charge in [-0.15, -0.1) is 0 Å². The topological polar surface area (TPSA) is 89.8 Å². The zero-order chi connectivity index (χ0) is 16.8. The molecular weight excluding hydrogens is 368 g/mol. The first-order valence-electron chi connectivity index (χ1n) is 6.59. The zero-order valence-electron chi connectivity index (χ0n) is 12.5. The Hall–Kier alpha value is -2.48. The van der Waals surface area contributed by atoms with Gasteiger partial charge in [0.2, 0.25) is 5.91 Å². The molecule has 8 heteroatoms. The Morgan fingerprint density at radius 2 is 1.87 bits per heavy atom. The van der Waals surface area contributed by atoms with Gasteiger partial charge < -0.3 is 24.5 Å². The Labute approximate surface area is 141 Å². The number of rotatable bonds is 6. The number of methoxy groups -OCH3 is 2. The molecule has 0 radical (unpaired) electrons. The highest BCUT2D eigenvalue weighted by Gasteiger charge is 2.12. The summed E-state index contributed by atoms with van der Waals surface area (Å²) < 4.78 is 15.8. The standard InChI is InChI=1S/C15H15BrN2O5/c1-21-10-4-3-9(7-12(10)22-2)18-14(19)8-17-15(20)11-5-6-13(16)23-11/h3-7H,8H2,1-2H3,(H,17,20)(H,18,19). The molecule has 7 nitrogen and oxygen atoms in total. The second kappa shape index (κ2) is 7.68. The number of hydrogen-bond donors (Lipinski definition) is 2. The average Bonchev–Trinajstić information content (AvgIpc) is 2.99. The first-order chi connectivity index (χ1) is 11.0. The summed E-state index contributed by atoms with van der Waals surface area (Å²) >= 11 is 3.10. The maximum Gasteiger partial charge on any atom is 0.287 e. The summed E-state index contributed by atoms with van der Waals surface area (Å²) in [6.07, 6.45) is 0. The molecule has 1 aromatic carbocycles. The van der Waals surface area contributed by atoms with E-state index in [1.54, 1.807) is 24.3 Å². The predicted molar refractivity (Wildman–Crippen MR) is 86.9 cm³/mol. The number of benzene rings is 1. The third-order valence-corrected chi connectivity index (χ3v) is 3.30. The van der Waals surface area contributed by atoms with E-state index in [-0.39, 0.29) is 18.2 Å². The second-order valence-electron chi connectivity index (χ2n) is 4.40. The van der Waals surface area contributed by atoms with Gasteiger partial charge in [0.05, 0.1) is 20.8 Å². The van der Waals surface area contributed by atoms with Crippen LogP contribution in [0.1, 0.15) is 10.6 Å². The second-order valence-corrected chi connectivity index (χ2v) is 5.19. The first-order valence-corrected chi connectivity index (χ1v) is 7.38. The van der Waals surface area contributed by atoms with Gasteiger partial charge in [-0.3, -0.25) is 9.59 Å². The lowest BCUT2D eigenvalue weighted by Gasteiger charge is -2.10. The molecule has 0 saturated heterocycles. The zero-order valence-corrected chi connectivity index (χ0v) is 14.1. The van der Waals surface area contributed by atoms with Gasteiger partial charge in [0, 0.05) is 11.8 Å². The van der Waals surface area contributed by atoms with Gasteiger partial charge in [-0.25, -0.2) is 0 Å². The molecule has 0 aliphatic rings. The van der Waals surface area contributed by atoms with Crippen molar-refractivity contribution < 1.29 is 23.5 Å². The molecule has 0 aliphatic heterocycles. The van der Waals surface area contributed by atoms with Crippen LogP contribution < -0.4 is 20.1 Å². The van der Waals surface area contributed by atoms with Crippen molar-refractivity contribution in [2.45, 2.75) is 0 Å². The largest absolute Gasteiger partial charge is 0.493 e. The molecule has 0 atom stereocenters. The van der Waals surface area contributed by atoms with E-state index in [4.69, 9.17) is 13.9 Å². The van der Waals surface area contributed by atoms with Crippen LogP contribution in [0.4, 0.5) is 5.69 Å². The molecule has 122 valence electrons. The van der Waals surface area contributed by atoms with E-state index in [9.17, 15) is 9.59 Å². The van der Waals surface area contributed by atoms with Gasteiger partial charge in [0.15, 0.2) is 21.9 Å². The quantitative estimate of drug-likeness (QED) is 0.800. The van der Waals surface area contributed by atoms with Crippen molar-refractivity contribution in [1.82, 2.24) is 5.32 Å². The molecule has 2 N–H and O–H groups in total. The molecule has 0 spiro atoms. The van der Waals surface area contributed by atoms with Crippen LogP contribution in [0.5, 0.6) is 11.5 Å². The Kier molecular flexibility index (Phi) is 5.64. The number of furan rings is 1. The van der Waals surface area contributed by atoms with Crippen LogP contribution in [0.2, 0.25) is 0 Å². The molecule has 0 bridgehead atoms. The highest BCUT2D eigenvalue weighted by atomic mass is 79.9. The number of carbonyl (C=O) groups excluding carboxylic acids is 2. The third kappa shape index (κ3) is 4.49. The van der Waals surface area contributed by atoms with E-state index < -0.39 is 5.91 Å². The molecule has 1 aromatic heterocycles. The van der Waals surface area contributed by atoms with E-state index in [1.807, 2.05) is 0 Å². The van der Waals surface area contributed by atoms with Crippen molar-refractivity contribution in [2.24, 2.45) is 0 Å². The van der Waals surface area contributed by atoms with Crippen molar-refractivity contribution >= 4 is 33.4 Å². The Morgan fingerprint density at radius 1 is 1.13 bits per heavy atom. The third-order valence-electron chi connectivity index (χ3n) is 2.87. The lowest BCUT2D eigenvalue weighted by atomic mass is 10.2. The fraction of sp³-hybridized carbons (Fsp3) is 0.200. The number of carbonyl (C=O) groups is 2. The van der Waals surface area contributed by atoms with Crippen LogP contribution in [0.25, 0.3) is 0 Å². The Bertz CT molecular complexity index is 714. The van der Waals surface area contributed by atoms with E-state index in [0.717, 1.165) is 0 Å². The van der Waals surface area contributed by atoms with Gasteiger partial charge in [0.1, 0.15) is 0 Å². The smallest absolute Gasteiger partial charge is 0.287 e. The molecule has 2 aromatic rings. The van der Waals surface area contributed by atoms with Gasteiger partial charge in [-0.2, -0.15) is 0 Å². The van der Waals surface area contributed by atoms with E-state index in [2.05, 4.69) is 26.6 Å². The van der Waals surface area contributed by atoms with Crippen LogP contribution in [0.3, 0.4) is 0 Å². The van der Waals surface area contributed by atoms with Gasteiger partial charge in [0.25, 0.3) is 5.91 Å². The van der Waals surface area contributed by atoms with Gasteiger partial charge >= 0.3 is 0 Å². The summed E-state index contributed by atoms with van der Waals surface area (Å²) in [6, 6.07) is 8.07. The van der Waals surface area contributed by atoms with Gasteiger partial charge in [-0.1, -0.05) is 0 Å². The summed E-state index contributed by atoms with van der Waals surface area (Å²) in [7, 11) is 3.03. The van der Waals surface area contributed by atoms with Crippen LogP contribution in [0.15, 0.2) is 39.4 Å². The minimum absolute atomic E-state index is 0.121. The first kappa shape index (κ1) is 16.9. The molecule has 0 saturated carbocycles. The number of halogens is 1. The molecule has 2 amide bonds. The summed E-state index contributed by atoms with van der Waals surface area (Å²) in [6.45, 7) is -0.189. The summed E-state index contributed by atoms with van der Waals surface area (Å²) in [5.74, 6) is 0.321. The van der Waals surface area contributed by atoms with Crippen molar-refractivity contribution in [3.8, 4) is 11.5 Å². The highest BCUT2D eigenvalue weighted by Crippen LogP contribution is 2.29. The molecular formula is C15H15BrN2O5. The maximum atomic E-state index is 11.9. The van der Waals surface area contributed by atoms with Crippen molar-refractivity contribution in [3.63, 3.8) is 0 Å². The molecule has 0 unspecified atom stereocenters. The van der Waals surface area contributed by atoms with Crippen molar-refractivity contribution in [1.29, 1.82) is 0 Å². The Morgan fingerprint density at radius 3 is 2.48 bits per heavy atom. The molecule has 1 heterocycles. The van der Waals surface area contributed by atoms with Crippen LogP contribution >= 0.6 is 15.9 Å². The minimum Gasteiger partial charge on any atom is -0.493 e. The normalized spacial score (nSPS) is 10.0. The Balaban J connectivity index is 1.91. The number of ether oxygens (including phenoxy) is 2. The molecule has 0 fully saturated rings. The van der Waals surface area contributed by atoms with E-state index in [0.29, 0.717) is 21.9 Å². The number of amides is 2. The van der Waals surface area contributed by atoms with Crippen LogP contribution in [-0.2, 0) is 4.79 Å². The van der Waals surface area contributed by atoms with Crippen molar-refractivity contribution in [3.05, 3.63) is 40.8 Å². The van der Waals surface area contributed by atoms with Gasteiger partial charge in [-0.05, 0) is 40.2 Å². The summed E-state index contributed by atoms with van der Waals surface area (Å²) in [5, 5.41) is 5.11. The van der Waals surface area contributed by atoms with E-state index in [1.165, 1.54) is 20.3 Å². The molecule has 2 rings (SSSR count). The highest BCUT2D eigenvalue weighted by molar-refractivity contribution is 9.10. The number of nitrogens with one attached hydrogen (secondary N) is 2. The monoisotopic (exact) mass is 382 g/mol. The fourth-order valence-electron chi connectivity index (χ4n) is 1.80.